The van der Waals surface area contributed by atoms with Gasteiger partial charge in [-0.3, -0.25) is 0 Å². The molecule has 0 amide bonds. The van der Waals surface area contributed by atoms with Crippen molar-refractivity contribution in [3.8, 4) is 55.9 Å². The van der Waals surface area contributed by atoms with Crippen molar-refractivity contribution in [2.24, 2.45) is 0 Å². The number of benzene rings is 9. The molecular weight excluding hydrogens is 713 g/mol. The highest BCUT2D eigenvalue weighted by molar-refractivity contribution is 6.18. The monoisotopic (exact) mass is 752 g/mol. The van der Waals surface area contributed by atoms with Crippen LogP contribution in [0.5, 0.6) is 0 Å². The van der Waals surface area contributed by atoms with Crippen LogP contribution in [0.2, 0.25) is 0 Å². The number of aromatic nitrogens is 2. The maximum Gasteiger partial charge on any atom is 0.0622 e. The van der Waals surface area contributed by atoms with Gasteiger partial charge in [0.2, 0.25) is 0 Å². The Balaban J connectivity index is 1.14. The van der Waals surface area contributed by atoms with E-state index < -0.39 is 0 Å². The summed E-state index contributed by atoms with van der Waals surface area (Å²) in [5, 5.41) is 5.01. The van der Waals surface area contributed by atoms with E-state index in [4.69, 9.17) is 0 Å². The molecule has 11 aromatic rings. The minimum Gasteiger partial charge on any atom is -0.309 e. The van der Waals surface area contributed by atoms with E-state index in [-0.39, 0.29) is 5.41 Å². The number of hydrogen-bond acceptors (Lipinski definition) is 0. The lowest BCUT2D eigenvalue weighted by molar-refractivity contribution is 0.661. The van der Waals surface area contributed by atoms with E-state index in [1.807, 2.05) is 0 Å². The molecule has 278 valence electrons. The van der Waals surface area contributed by atoms with Gasteiger partial charge in [-0.15, -0.1) is 0 Å². The molecular formula is C57H40N2. The average molecular weight is 753 g/mol. The Bertz CT molecular complexity index is 3420. The van der Waals surface area contributed by atoms with Gasteiger partial charge in [0.1, 0.15) is 0 Å². The summed E-state index contributed by atoms with van der Waals surface area (Å²) >= 11 is 0. The van der Waals surface area contributed by atoms with Gasteiger partial charge >= 0.3 is 0 Å². The van der Waals surface area contributed by atoms with Crippen LogP contribution in [0.1, 0.15) is 25.0 Å². The van der Waals surface area contributed by atoms with E-state index in [0.717, 1.165) is 5.69 Å². The predicted molar refractivity (Wildman–Crippen MR) is 249 cm³/mol. The Morgan fingerprint density at radius 2 is 0.831 bits per heavy atom. The fourth-order valence-electron chi connectivity index (χ4n) is 10.1. The molecule has 0 spiro atoms. The number of para-hydroxylation sites is 2. The molecule has 1 aliphatic carbocycles. The van der Waals surface area contributed by atoms with Crippen LogP contribution in [0, 0.1) is 0 Å². The summed E-state index contributed by atoms with van der Waals surface area (Å²) in [5.74, 6) is 0. The van der Waals surface area contributed by atoms with Gasteiger partial charge in [0.25, 0.3) is 0 Å². The second kappa shape index (κ2) is 12.8. The molecule has 2 heterocycles. The highest BCUT2D eigenvalue weighted by Gasteiger charge is 2.37. The first-order valence-electron chi connectivity index (χ1n) is 20.6. The lowest BCUT2D eigenvalue weighted by Crippen LogP contribution is -2.14. The normalized spacial score (nSPS) is 13.1. The van der Waals surface area contributed by atoms with E-state index in [1.54, 1.807) is 0 Å². The third-order valence-electron chi connectivity index (χ3n) is 12.9. The second-order valence-corrected chi connectivity index (χ2v) is 16.5. The summed E-state index contributed by atoms with van der Waals surface area (Å²) < 4.78 is 4.96. The molecule has 59 heavy (non-hydrogen) atoms. The zero-order chi connectivity index (χ0) is 39.2. The van der Waals surface area contributed by atoms with Crippen LogP contribution < -0.4 is 0 Å². The lowest BCUT2D eigenvalue weighted by Gasteiger charge is -2.21. The van der Waals surface area contributed by atoms with Crippen molar-refractivity contribution < 1.29 is 0 Å². The van der Waals surface area contributed by atoms with Crippen LogP contribution in [0.4, 0.5) is 0 Å². The molecule has 0 fully saturated rings. The number of hydrogen-bond donors (Lipinski definition) is 0. The molecule has 0 saturated heterocycles. The smallest absolute Gasteiger partial charge is 0.0622 e. The predicted octanol–water partition coefficient (Wildman–Crippen LogP) is 15.2. The second-order valence-electron chi connectivity index (χ2n) is 16.5. The van der Waals surface area contributed by atoms with Crippen molar-refractivity contribution >= 4 is 43.6 Å². The van der Waals surface area contributed by atoms with Crippen molar-refractivity contribution in [2.75, 3.05) is 0 Å². The van der Waals surface area contributed by atoms with Gasteiger partial charge in [-0.05, 0) is 105 Å². The summed E-state index contributed by atoms with van der Waals surface area (Å²) in [6.07, 6.45) is 0. The topological polar surface area (TPSA) is 9.86 Å². The molecule has 0 radical (unpaired) electrons. The minimum absolute atomic E-state index is 0.0850. The minimum atomic E-state index is -0.0850. The van der Waals surface area contributed by atoms with E-state index >= 15 is 0 Å². The SMILES string of the molecule is CC1(C)c2ccccc2-c2c1ccc1c3cc(-c4ccc5c(c4)c4cc(-c6ccccc6)cc(-c6ccccc6)c4n5-c4ccccc4)ccc3n(-c3ccccc3)c21. The van der Waals surface area contributed by atoms with E-state index in [9.17, 15) is 0 Å². The lowest BCUT2D eigenvalue weighted by atomic mass is 9.82. The quantitative estimate of drug-likeness (QED) is 0.166. The first kappa shape index (κ1) is 33.7. The van der Waals surface area contributed by atoms with Crippen LogP contribution in [0.3, 0.4) is 0 Å². The van der Waals surface area contributed by atoms with E-state index in [2.05, 4.69) is 229 Å². The summed E-state index contributed by atoms with van der Waals surface area (Å²) in [4.78, 5) is 0. The molecule has 0 saturated carbocycles. The van der Waals surface area contributed by atoms with Crippen LogP contribution in [0.15, 0.2) is 206 Å². The summed E-state index contributed by atoms with van der Waals surface area (Å²) in [7, 11) is 0. The van der Waals surface area contributed by atoms with Crippen LogP contribution in [0.25, 0.3) is 99.5 Å². The van der Waals surface area contributed by atoms with Gasteiger partial charge in [-0.2, -0.15) is 0 Å². The maximum absolute atomic E-state index is 2.50. The molecule has 2 nitrogen and oxygen atoms in total. The molecule has 0 N–H and O–H groups in total. The van der Waals surface area contributed by atoms with Gasteiger partial charge in [0.05, 0.1) is 22.1 Å². The van der Waals surface area contributed by atoms with Crippen LogP contribution >= 0.6 is 0 Å². The average Bonchev–Trinajstić information content (AvgIpc) is 3.89. The third kappa shape index (κ3) is 5.00. The van der Waals surface area contributed by atoms with Crippen molar-refractivity contribution in [2.45, 2.75) is 19.3 Å². The first-order chi connectivity index (χ1) is 29.0. The molecule has 9 aromatic carbocycles. The van der Waals surface area contributed by atoms with Gasteiger partial charge in [0.15, 0.2) is 0 Å². The van der Waals surface area contributed by atoms with Crippen molar-refractivity contribution in [1.82, 2.24) is 9.13 Å². The summed E-state index contributed by atoms with van der Waals surface area (Å²) in [6.45, 7) is 4.74. The van der Waals surface area contributed by atoms with E-state index in [1.165, 1.54) is 105 Å². The Morgan fingerprint density at radius 1 is 0.322 bits per heavy atom. The van der Waals surface area contributed by atoms with Gasteiger partial charge < -0.3 is 9.13 Å². The molecule has 0 aliphatic heterocycles. The van der Waals surface area contributed by atoms with Crippen molar-refractivity contribution in [3.05, 3.63) is 217 Å². The summed E-state index contributed by atoms with van der Waals surface area (Å²) in [6, 6.07) is 76.0. The highest BCUT2D eigenvalue weighted by Crippen LogP contribution is 2.53. The zero-order valence-electron chi connectivity index (χ0n) is 33.0. The largest absolute Gasteiger partial charge is 0.309 e. The Kier molecular flexibility index (Phi) is 7.31. The van der Waals surface area contributed by atoms with Crippen LogP contribution in [-0.4, -0.2) is 9.13 Å². The maximum atomic E-state index is 2.50. The summed E-state index contributed by atoms with van der Waals surface area (Å²) in [5.41, 5.74) is 19.8. The Morgan fingerprint density at radius 3 is 1.46 bits per heavy atom. The van der Waals surface area contributed by atoms with Crippen molar-refractivity contribution in [1.29, 1.82) is 0 Å². The van der Waals surface area contributed by atoms with Crippen molar-refractivity contribution in [3.63, 3.8) is 0 Å². The van der Waals surface area contributed by atoms with Crippen LogP contribution in [-0.2, 0) is 5.41 Å². The standard InChI is InChI=1S/C57H40N2/c1-57(2)50-26-16-15-25-45(50)54-51(57)30-29-44-47-33-39(27-31-52(47)59(56(44)54)43-23-13-6-14-24-43)40-28-32-53-48(34-40)49-36-41(37-17-7-3-8-18-37)35-46(38-19-9-4-10-20-38)55(49)58(53)42-21-11-5-12-22-42/h3-36H,1-2H3. The fraction of sp³-hybridized carbons (Fsp3) is 0.0526. The molecule has 0 unspecified atom stereocenters. The highest BCUT2D eigenvalue weighted by atomic mass is 15.0. The Labute approximate surface area is 343 Å². The van der Waals surface area contributed by atoms with E-state index in [0.29, 0.717) is 0 Å². The molecule has 2 aromatic heterocycles. The molecule has 2 heteroatoms. The van der Waals surface area contributed by atoms with Gasteiger partial charge in [-0.1, -0.05) is 159 Å². The zero-order valence-corrected chi connectivity index (χ0v) is 33.0. The molecule has 1 aliphatic rings. The van der Waals surface area contributed by atoms with Gasteiger partial charge in [0, 0.05) is 49.5 Å². The Hall–Kier alpha value is -7.42. The third-order valence-corrected chi connectivity index (χ3v) is 12.9. The molecule has 12 rings (SSSR count). The number of rotatable bonds is 5. The van der Waals surface area contributed by atoms with Gasteiger partial charge in [-0.25, -0.2) is 0 Å². The number of fused-ring (bicyclic) bond motifs is 10. The number of nitrogens with zero attached hydrogens (tertiary/aromatic N) is 2. The molecule has 0 atom stereocenters. The fourth-order valence-corrected chi connectivity index (χ4v) is 10.1. The first-order valence-corrected chi connectivity index (χ1v) is 20.6. The molecule has 0 bridgehead atoms.